The van der Waals surface area contributed by atoms with Crippen molar-refractivity contribution < 1.29 is 32.2 Å². The summed E-state index contributed by atoms with van der Waals surface area (Å²) >= 11 is 1.30. The van der Waals surface area contributed by atoms with Gasteiger partial charge in [0.25, 0.3) is 0 Å². The van der Waals surface area contributed by atoms with Crippen molar-refractivity contribution in [3.63, 3.8) is 0 Å². The Morgan fingerprint density at radius 1 is 0.930 bits per heavy atom. The number of hydrogen-bond acceptors (Lipinski definition) is 11. The monoisotopic (exact) mass is 614 g/mol. The van der Waals surface area contributed by atoms with E-state index in [0.29, 0.717) is 53.3 Å². The number of carbonyl (C=O) groups excluding carboxylic acids is 2. The quantitative estimate of drug-likeness (QED) is 0.269. The fourth-order valence-electron chi connectivity index (χ4n) is 4.23. The number of nitrogens with zero attached hydrogens (tertiary/aromatic N) is 6. The van der Waals surface area contributed by atoms with E-state index in [2.05, 4.69) is 45.6 Å². The van der Waals surface area contributed by atoms with Crippen molar-refractivity contribution in [3.8, 4) is 11.6 Å². The summed E-state index contributed by atoms with van der Waals surface area (Å²) in [4.78, 5) is 30.8. The molecule has 3 aromatic heterocycles. The van der Waals surface area contributed by atoms with Gasteiger partial charge in [0.15, 0.2) is 5.82 Å². The fraction of sp³-hybridized carbons (Fsp3) is 0.296. The van der Waals surface area contributed by atoms with E-state index in [9.17, 15) is 22.8 Å². The number of pyridine rings is 1. The van der Waals surface area contributed by atoms with Crippen LogP contribution in [0, 0.1) is 0 Å². The first-order chi connectivity index (χ1) is 20.7. The molecule has 0 aliphatic carbocycles. The summed E-state index contributed by atoms with van der Waals surface area (Å²) in [6.45, 7) is 1.33. The first-order valence-corrected chi connectivity index (χ1v) is 13.9. The van der Waals surface area contributed by atoms with E-state index >= 15 is 0 Å². The highest BCUT2D eigenvalue weighted by molar-refractivity contribution is 7.19. The second-order valence-electron chi connectivity index (χ2n) is 9.42. The Morgan fingerprint density at radius 2 is 1.74 bits per heavy atom. The summed E-state index contributed by atoms with van der Waals surface area (Å²) in [5.74, 6) is -0.632. The van der Waals surface area contributed by atoms with E-state index in [4.69, 9.17) is 4.74 Å². The molecule has 4 aromatic rings. The molecule has 4 heterocycles. The molecule has 0 spiro atoms. The lowest BCUT2D eigenvalue weighted by Crippen LogP contribution is -2.38. The smallest absolute Gasteiger partial charge is 0.473 e. The van der Waals surface area contributed by atoms with Gasteiger partial charge in [0.1, 0.15) is 11.9 Å². The number of halogens is 3. The first-order valence-electron chi connectivity index (χ1n) is 13.1. The molecule has 0 bridgehead atoms. The van der Waals surface area contributed by atoms with Crippen molar-refractivity contribution in [2.75, 3.05) is 28.6 Å². The van der Waals surface area contributed by atoms with Gasteiger partial charge >= 0.3 is 6.36 Å². The van der Waals surface area contributed by atoms with E-state index in [1.165, 1.54) is 29.5 Å². The van der Waals surface area contributed by atoms with Gasteiger partial charge in [-0.3, -0.25) is 14.6 Å². The van der Waals surface area contributed by atoms with Gasteiger partial charge in [-0.2, -0.15) is 0 Å². The molecular weight excluding hydrogens is 589 g/mol. The Morgan fingerprint density at radius 3 is 2.47 bits per heavy atom. The number of nitrogens with one attached hydrogen (secondary N) is 2. The maximum atomic E-state index is 12.4. The molecular formula is C27H25F3N8O4S. The molecule has 0 atom stereocenters. The number of aromatic nitrogens is 5. The summed E-state index contributed by atoms with van der Waals surface area (Å²) in [6.07, 6.45) is -1.94. The van der Waals surface area contributed by atoms with E-state index < -0.39 is 18.0 Å². The van der Waals surface area contributed by atoms with Crippen LogP contribution in [0.3, 0.4) is 0 Å². The third kappa shape index (κ3) is 9.06. The molecule has 224 valence electrons. The zero-order valence-corrected chi connectivity index (χ0v) is 23.3. The number of anilines is 3. The van der Waals surface area contributed by atoms with Gasteiger partial charge in [0, 0.05) is 43.9 Å². The molecule has 0 radical (unpaired) electrons. The van der Waals surface area contributed by atoms with Crippen LogP contribution in [0.15, 0.2) is 60.8 Å². The predicted octanol–water partition coefficient (Wildman–Crippen LogP) is 4.03. The van der Waals surface area contributed by atoms with Crippen molar-refractivity contribution >= 4 is 39.2 Å². The predicted molar refractivity (Wildman–Crippen MR) is 150 cm³/mol. The van der Waals surface area contributed by atoms with Gasteiger partial charge in [0.2, 0.25) is 28.0 Å². The molecule has 12 nitrogen and oxygen atoms in total. The van der Waals surface area contributed by atoms with Crippen molar-refractivity contribution in [1.82, 2.24) is 25.4 Å². The van der Waals surface area contributed by atoms with Crippen LogP contribution >= 0.6 is 11.3 Å². The molecule has 1 aromatic carbocycles. The van der Waals surface area contributed by atoms with Crippen molar-refractivity contribution in [2.24, 2.45) is 0 Å². The van der Waals surface area contributed by atoms with Crippen LogP contribution < -0.4 is 25.0 Å². The average molecular weight is 615 g/mol. The number of amides is 2. The second-order valence-corrected chi connectivity index (χ2v) is 10.4. The van der Waals surface area contributed by atoms with E-state index in [1.54, 1.807) is 24.4 Å². The van der Waals surface area contributed by atoms with E-state index in [-0.39, 0.29) is 30.7 Å². The summed E-state index contributed by atoms with van der Waals surface area (Å²) < 4.78 is 47.1. The third-order valence-electron chi connectivity index (χ3n) is 6.13. The number of piperidine rings is 1. The van der Waals surface area contributed by atoms with Crippen molar-refractivity contribution in [2.45, 2.75) is 38.1 Å². The van der Waals surface area contributed by atoms with Crippen LogP contribution in [-0.2, 0) is 22.4 Å². The van der Waals surface area contributed by atoms with Gasteiger partial charge in [-0.1, -0.05) is 29.5 Å². The molecule has 0 saturated carbocycles. The molecule has 1 aliphatic heterocycles. The topological polar surface area (TPSA) is 144 Å². The Hall–Kier alpha value is -4.86. The maximum absolute atomic E-state index is 12.4. The highest BCUT2D eigenvalue weighted by atomic mass is 32.1. The molecule has 1 fully saturated rings. The number of benzene rings is 1. The lowest BCUT2D eigenvalue weighted by Gasteiger charge is -2.31. The number of alkyl halides is 3. The van der Waals surface area contributed by atoms with Gasteiger partial charge in [-0.25, -0.2) is 0 Å². The first kappa shape index (κ1) is 29.6. The van der Waals surface area contributed by atoms with Gasteiger partial charge in [-0.05, 0) is 35.9 Å². The molecule has 0 unspecified atom stereocenters. The van der Waals surface area contributed by atoms with Crippen LogP contribution in [0.5, 0.6) is 11.6 Å². The lowest BCUT2D eigenvalue weighted by molar-refractivity contribution is -0.274. The largest absolute Gasteiger partial charge is 0.573 e. The average Bonchev–Trinajstić information content (AvgIpc) is 3.42. The van der Waals surface area contributed by atoms with Crippen molar-refractivity contribution in [3.05, 3.63) is 72.1 Å². The molecule has 2 N–H and O–H groups in total. The molecule has 2 amide bonds. The number of carbonyl (C=O) groups is 2. The summed E-state index contributed by atoms with van der Waals surface area (Å²) in [6, 6.07) is 13.7. The zero-order chi connectivity index (χ0) is 30.2. The summed E-state index contributed by atoms with van der Waals surface area (Å²) in [5.41, 5.74) is 1.01. The lowest BCUT2D eigenvalue weighted by atomic mass is 10.1. The Kier molecular flexibility index (Phi) is 9.24. The second kappa shape index (κ2) is 13.4. The Labute approximate surface area is 247 Å². The third-order valence-corrected chi connectivity index (χ3v) is 7.03. The minimum atomic E-state index is -4.82. The highest BCUT2D eigenvalue weighted by Crippen LogP contribution is 2.28. The number of ether oxygens (including phenoxy) is 2. The van der Waals surface area contributed by atoms with Gasteiger partial charge < -0.3 is 25.0 Å². The van der Waals surface area contributed by atoms with Gasteiger partial charge in [0.05, 0.1) is 12.8 Å². The molecule has 5 rings (SSSR count). The molecule has 16 heteroatoms. The maximum Gasteiger partial charge on any atom is 0.573 e. The molecule has 1 saturated heterocycles. The molecule has 43 heavy (non-hydrogen) atoms. The SMILES string of the molecule is O=C(Cc1cccc(OC(F)(F)F)c1)Nc1ccc(OC2CCN(c3nnc(NC(=O)Cc4ccccn4)s3)CC2)nn1. The fourth-order valence-corrected chi connectivity index (χ4v) is 5.05. The Balaban J connectivity index is 1.05. The van der Waals surface area contributed by atoms with Gasteiger partial charge in [-0.15, -0.1) is 33.6 Å². The van der Waals surface area contributed by atoms with E-state index in [1.807, 2.05) is 6.07 Å². The zero-order valence-electron chi connectivity index (χ0n) is 22.5. The van der Waals surface area contributed by atoms with Crippen LogP contribution in [0.25, 0.3) is 0 Å². The normalized spacial score (nSPS) is 13.8. The highest BCUT2D eigenvalue weighted by Gasteiger charge is 2.31. The standard InChI is InChI=1S/C27H25F3N8O4S/c28-27(29,30)42-20-6-3-4-17(14-20)15-22(39)32-21-7-8-24(35-34-21)41-19-9-12-38(13-10-19)26-37-36-25(43-26)33-23(40)16-18-5-1-2-11-31-18/h1-8,11,14,19H,9-10,12-13,15-16H2,(H,32,34,39)(H,33,36,40). The number of hydrogen-bond donors (Lipinski definition) is 2. The van der Waals surface area contributed by atoms with E-state index in [0.717, 1.165) is 12.1 Å². The molecule has 1 aliphatic rings. The van der Waals surface area contributed by atoms with Crippen molar-refractivity contribution in [1.29, 1.82) is 0 Å². The Bertz CT molecular complexity index is 1530. The summed E-state index contributed by atoms with van der Waals surface area (Å²) in [5, 5.41) is 22.7. The van der Waals surface area contributed by atoms with Crippen LogP contribution in [-0.4, -0.2) is 62.7 Å². The van der Waals surface area contributed by atoms with Crippen LogP contribution in [0.1, 0.15) is 24.1 Å². The summed E-state index contributed by atoms with van der Waals surface area (Å²) in [7, 11) is 0. The van der Waals surface area contributed by atoms with Crippen LogP contribution in [0.4, 0.5) is 29.3 Å². The van der Waals surface area contributed by atoms with Crippen LogP contribution in [0.2, 0.25) is 0 Å². The minimum Gasteiger partial charge on any atom is -0.473 e. The minimum absolute atomic E-state index is 0.109. The number of rotatable bonds is 10.